The minimum atomic E-state index is -0.197. The molecule has 7 heteroatoms. The number of fused-ring (bicyclic) bond motifs is 1. The van der Waals surface area contributed by atoms with Gasteiger partial charge in [-0.25, -0.2) is 9.78 Å². The molecule has 2 amide bonds. The molecule has 1 saturated heterocycles. The van der Waals surface area contributed by atoms with Gasteiger partial charge in [-0.1, -0.05) is 18.2 Å². The van der Waals surface area contributed by atoms with Crippen LogP contribution in [0.4, 0.5) is 27.7 Å². The van der Waals surface area contributed by atoms with Gasteiger partial charge in [-0.05, 0) is 74.4 Å². The van der Waals surface area contributed by atoms with Crippen molar-refractivity contribution in [2.45, 2.75) is 45.1 Å². The fourth-order valence-electron chi connectivity index (χ4n) is 4.92. The Morgan fingerprint density at radius 1 is 1.03 bits per heavy atom. The molecule has 34 heavy (non-hydrogen) atoms. The summed E-state index contributed by atoms with van der Waals surface area (Å²) < 4.78 is 0. The average molecular weight is 457 g/mol. The number of hydrogen-bond donors (Lipinski definition) is 2. The molecule has 1 atom stereocenters. The molecule has 2 N–H and O–H groups in total. The Balaban J connectivity index is 1.49. The van der Waals surface area contributed by atoms with E-state index in [2.05, 4.69) is 74.9 Å². The quantitative estimate of drug-likeness (QED) is 0.524. The number of urea groups is 1. The summed E-state index contributed by atoms with van der Waals surface area (Å²) in [5.41, 5.74) is 5.39. The molecular weight excluding hydrogens is 424 g/mol. The van der Waals surface area contributed by atoms with Gasteiger partial charge in [0.1, 0.15) is 0 Å². The number of benzene rings is 2. The lowest BCUT2D eigenvalue weighted by Gasteiger charge is -2.33. The molecular formula is C27H32N6O. The van der Waals surface area contributed by atoms with Crippen LogP contribution in [0.15, 0.2) is 61.1 Å². The molecule has 1 aromatic heterocycles. The summed E-state index contributed by atoms with van der Waals surface area (Å²) in [4.78, 5) is 26.0. The molecule has 0 saturated carbocycles. The van der Waals surface area contributed by atoms with Crippen LogP contribution in [-0.2, 0) is 0 Å². The average Bonchev–Trinajstić information content (AvgIpc) is 2.87. The van der Waals surface area contributed by atoms with Gasteiger partial charge in [0.25, 0.3) is 0 Å². The zero-order valence-electron chi connectivity index (χ0n) is 19.7. The van der Waals surface area contributed by atoms with Crippen LogP contribution in [0.5, 0.6) is 0 Å². The van der Waals surface area contributed by atoms with Crippen LogP contribution in [0.1, 0.15) is 39.0 Å². The van der Waals surface area contributed by atoms with Crippen LogP contribution in [0, 0.1) is 0 Å². The Morgan fingerprint density at radius 2 is 1.88 bits per heavy atom. The molecule has 3 heterocycles. The number of carbonyl (C=O) groups is 1. The highest BCUT2D eigenvalue weighted by Crippen LogP contribution is 2.36. The maximum atomic E-state index is 13.4. The predicted molar refractivity (Wildman–Crippen MR) is 139 cm³/mol. The molecule has 0 radical (unpaired) electrons. The summed E-state index contributed by atoms with van der Waals surface area (Å²) in [6, 6.07) is 15.0. The standard InChI is InChI=1S/C27H32N6O/c1-20-7-6-12-29-24-11-10-22(21-8-5-9-23(17-21)32-15-3-2-4-16-32)18-25(24)33(20)27(34)31-26-19-28-13-14-30-26/h5,8-11,13-14,17-20,29H,2-4,6-7,12,15-16H2,1H3,(H,30,31,34)/t20-/m1/s1. The number of carbonyl (C=O) groups excluding carboxylic acids is 1. The number of aromatic nitrogens is 2. The van der Waals surface area contributed by atoms with Gasteiger partial charge in [-0.2, -0.15) is 0 Å². The predicted octanol–water partition coefficient (Wildman–Crippen LogP) is 5.77. The smallest absolute Gasteiger partial charge is 0.327 e. The zero-order valence-corrected chi connectivity index (χ0v) is 19.7. The topological polar surface area (TPSA) is 73.4 Å². The lowest BCUT2D eigenvalue weighted by molar-refractivity contribution is 0.254. The number of rotatable bonds is 3. The third-order valence-electron chi connectivity index (χ3n) is 6.73. The number of amides is 2. The molecule has 7 nitrogen and oxygen atoms in total. The minimum Gasteiger partial charge on any atom is -0.383 e. The maximum Gasteiger partial charge on any atom is 0.327 e. The maximum absolute atomic E-state index is 13.4. The molecule has 2 aliphatic heterocycles. The van der Waals surface area contributed by atoms with E-state index < -0.39 is 0 Å². The van der Waals surface area contributed by atoms with E-state index in [0.29, 0.717) is 5.82 Å². The van der Waals surface area contributed by atoms with E-state index in [1.165, 1.54) is 24.9 Å². The molecule has 2 aromatic carbocycles. The molecule has 0 spiro atoms. The summed E-state index contributed by atoms with van der Waals surface area (Å²) in [7, 11) is 0. The second kappa shape index (κ2) is 10.1. The molecule has 1 fully saturated rings. The van der Waals surface area contributed by atoms with Crippen molar-refractivity contribution in [3.8, 4) is 11.1 Å². The summed E-state index contributed by atoms with van der Waals surface area (Å²) in [5, 5.41) is 6.44. The number of nitrogens with one attached hydrogen (secondary N) is 2. The highest BCUT2D eigenvalue weighted by atomic mass is 16.2. The molecule has 2 aliphatic rings. The third-order valence-corrected chi connectivity index (χ3v) is 6.73. The van der Waals surface area contributed by atoms with Crippen molar-refractivity contribution in [1.29, 1.82) is 0 Å². The van der Waals surface area contributed by atoms with E-state index in [1.54, 1.807) is 18.6 Å². The van der Waals surface area contributed by atoms with Gasteiger partial charge in [0.2, 0.25) is 0 Å². The van der Waals surface area contributed by atoms with Crippen LogP contribution in [0.25, 0.3) is 11.1 Å². The van der Waals surface area contributed by atoms with Gasteiger partial charge in [-0.15, -0.1) is 0 Å². The summed E-state index contributed by atoms with van der Waals surface area (Å²) >= 11 is 0. The van der Waals surface area contributed by atoms with Crippen molar-refractivity contribution in [3.05, 3.63) is 61.1 Å². The Morgan fingerprint density at radius 3 is 2.71 bits per heavy atom. The number of piperidine rings is 1. The summed E-state index contributed by atoms with van der Waals surface area (Å²) in [6.45, 7) is 5.23. The molecule has 0 aliphatic carbocycles. The number of hydrogen-bond acceptors (Lipinski definition) is 5. The largest absolute Gasteiger partial charge is 0.383 e. The van der Waals surface area contributed by atoms with E-state index in [4.69, 9.17) is 0 Å². The fourth-order valence-corrected chi connectivity index (χ4v) is 4.92. The molecule has 0 bridgehead atoms. The van der Waals surface area contributed by atoms with Crippen molar-refractivity contribution in [2.24, 2.45) is 0 Å². The normalized spacial score (nSPS) is 18.3. The van der Waals surface area contributed by atoms with Gasteiger partial charge in [-0.3, -0.25) is 15.2 Å². The minimum absolute atomic E-state index is 0.0486. The Hall–Kier alpha value is -3.61. The Kier molecular flexibility index (Phi) is 6.60. The molecule has 176 valence electrons. The van der Waals surface area contributed by atoms with Gasteiger partial charge in [0.05, 0.1) is 17.6 Å². The van der Waals surface area contributed by atoms with E-state index in [-0.39, 0.29) is 12.1 Å². The third kappa shape index (κ3) is 4.83. The first-order chi connectivity index (χ1) is 16.7. The molecule has 3 aromatic rings. The highest BCUT2D eigenvalue weighted by Gasteiger charge is 2.27. The first-order valence-corrected chi connectivity index (χ1v) is 12.3. The van der Waals surface area contributed by atoms with Crippen LogP contribution < -0.4 is 20.4 Å². The van der Waals surface area contributed by atoms with Gasteiger partial charge in [0.15, 0.2) is 5.82 Å². The Labute approximate surface area is 201 Å². The zero-order chi connectivity index (χ0) is 23.3. The fraction of sp³-hybridized carbons (Fsp3) is 0.370. The lowest BCUT2D eigenvalue weighted by atomic mass is 10.0. The van der Waals surface area contributed by atoms with Crippen LogP contribution >= 0.6 is 0 Å². The van der Waals surface area contributed by atoms with Gasteiger partial charge >= 0.3 is 6.03 Å². The lowest BCUT2D eigenvalue weighted by Crippen LogP contribution is -2.43. The second-order valence-corrected chi connectivity index (χ2v) is 9.14. The van der Waals surface area contributed by atoms with E-state index in [1.807, 2.05) is 4.90 Å². The summed E-state index contributed by atoms with van der Waals surface area (Å²) in [6.07, 6.45) is 10.5. The van der Waals surface area contributed by atoms with Crippen molar-refractivity contribution in [2.75, 3.05) is 40.1 Å². The summed E-state index contributed by atoms with van der Waals surface area (Å²) in [5.74, 6) is 0.446. The SMILES string of the molecule is C[C@@H]1CCCNc2ccc(-c3cccc(N4CCCCC4)c3)cc2N1C(=O)Nc1cnccn1. The second-order valence-electron chi connectivity index (χ2n) is 9.14. The van der Waals surface area contributed by atoms with Crippen molar-refractivity contribution >= 4 is 28.9 Å². The van der Waals surface area contributed by atoms with E-state index in [0.717, 1.165) is 55.0 Å². The highest BCUT2D eigenvalue weighted by molar-refractivity contribution is 6.04. The van der Waals surface area contributed by atoms with Crippen LogP contribution in [-0.4, -0.2) is 41.7 Å². The van der Waals surface area contributed by atoms with Crippen LogP contribution in [0.3, 0.4) is 0 Å². The monoisotopic (exact) mass is 456 g/mol. The van der Waals surface area contributed by atoms with Crippen molar-refractivity contribution in [3.63, 3.8) is 0 Å². The van der Waals surface area contributed by atoms with Crippen molar-refractivity contribution in [1.82, 2.24) is 9.97 Å². The molecule has 0 unspecified atom stereocenters. The number of anilines is 4. The first kappa shape index (κ1) is 22.2. The van der Waals surface area contributed by atoms with Crippen LogP contribution in [0.2, 0.25) is 0 Å². The molecule has 5 rings (SSSR count). The Bertz CT molecular complexity index is 1130. The first-order valence-electron chi connectivity index (χ1n) is 12.3. The van der Waals surface area contributed by atoms with Gasteiger partial charge < -0.3 is 10.2 Å². The van der Waals surface area contributed by atoms with E-state index in [9.17, 15) is 4.79 Å². The van der Waals surface area contributed by atoms with Crippen molar-refractivity contribution < 1.29 is 4.79 Å². The van der Waals surface area contributed by atoms with Gasteiger partial charge in [0, 0.05) is 43.8 Å². The van der Waals surface area contributed by atoms with E-state index >= 15 is 0 Å². The number of nitrogens with zero attached hydrogens (tertiary/aromatic N) is 4.